The maximum Gasteiger partial charge on any atom is 0.257 e. The van der Waals surface area contributed by atoms with E-state index in [2.05, 4.69) is 4.98 Å². The minimum Gasteiger partial charge on any atom is -0.472 e. The lowest BCUT2D eigenvalue weighted by molar-refractivity contribution is 0.0790. The molecule has 3 rings (SSSR count). The van der Waals surface area contributed by atoms with Crippen molar-refractivity contribution in [2.24, 2.45) is 0 Å². The van der Waals surface area contributed by atoms with Gasteiger partial charge in [-0.15, -0.1) is 0 Å². The Morgan fingerprint density at radius 1 is 1.39 bits per heavy atom. The minimum absolute atomic E-state index is 0.0437. The van der Waals surface area contributed by atoms with E-state index in [9.17, 15) is 4.79 Å². The highest BCUT2D eigenvalue weighted by molar-refractivity contribution is 5.94. The molecule has 1 atom stereocenters. The van der Waals surface area contributed by atoms with Crippen LogP contribution in [0.3, 0.4) is 0 Å². The van der Waals surface area contributed by atoms with Gasteiger partial charge in [0.1, 0.15) is 6.26 Å². The average molecular weight is 242 g/mol. The highest BCUT2D eigenvalue weighted by atomic mass is 16.3. The fourth-order valence-corrected chi connectivity index (χ4v) is 2.37. The lowest BCUT2D eigenvalue weighted by Gasteiger charge is -2.15. The first-order valence-electron chi connectivity index (χ1n) is 6.07. The molecule has 0 aromatic carbocycles. The van der Waals surface area contributed by atoms with Crippen molar-refractivity contribution >= 4 is 5.91 Å². The van der Waals surface area contributed by atoms with E-state index in [1.165, 1.54) is 12.5 Å². The first-order valence-corrected chi connectivity index (χ1v) is 6.07. The van der Waals surface area contributed by atoms with Crippen LogP contribution in [-0.4, -0.2) is 28.9 Å². The summed E-state index contributed by atoms with van der Waals surface area (Å²) >= 11 is 0. The lowest BCUT2D eigenvalue weighted by Crippen LogP contribution is -2.28. The molecule has 2 aromatic heterocycles. The molecule has 1 amide bonds. The predicted octanol–water partition coefficient (Wildman–Crippen LogP) is 2.30. The molecule has 4 heteroatoms. The summed E-state index contributed by atoms with van der Waals surface area (Å²) in [7, 11) is 0. The summed E-state index contributed by atoms with van der Waals surface area (Å²) in [4.78, 5) is 18.4. The SMILES string of the molecule is O=C(c1ccoc1)N1CCC(c2ccccn2)C1. The van der Waals surface area contributed by atoms with Gasteiger partial charge in [-0.25, -0.2) is 0 Å². The Labute approximate surface area is 105 Å². The fraction of sp³-hybridized carbons (Fsp3) is 0.286. The molecule has 18 heavy (non-hydrogen) atoms. The van der Waals surface area contributed by atoms with Gasteiger partial charge in [-0.3, -0.25) is 9.78 Å². The molecule has 1 fully saturated rings. The van der Waals surface area contributed by atoms with E-state index >= 15 is 0 Å². The van der Waals surface area contributed by atoms with Gasteiger partial charge in [-0.05, 0) is 24.6 Å². The zero-order chi connectivity index (χ0) is 12.4. The van der Waals surface area contributed by atoms with Gasteiger partial charge in [0.05, 0.1) is 11.8 Å². The Morgan fingerprint density at radius 2 is 2.33 bits per heavy atom. The van der Waals surface area contributed by atoms with E-state index in [1.807, 2.05) is 23.1 Å². The molecule has 0 saturated carbocycles. The van der Waals surface area contributed by atoms with Gasteiger partial charge in [0.2, 0.25) is 0 Å². The molecular weight excluding hydrogens is 228 g/mol. The van der Waals surface area contributed by atoms with Crippen LogP contribution in [-0.2, 0) is 0 Å². The second-order valence-electron chi connectivity index (χ2n) is 4.50. The van der Waals surface area contributed by atoms with Crippen molar-refractivity contribution in [3.05, 3.63) is 54.2 Å². The third-order valence-corrected chi connectivity index (χ3v) is 3.35. The maximum atomic E-state index is 12.1. The Bertz CT molecular complexity index is 522. The van der Waals surface area contributed by atoms with Gasteiger partial charge >= 0.3 is 0 Å². The minimum atomic E-state index is 0.0437. The van der Waals surface area contributed by atoms with Crippen molar-refractivity contribution in [1.29, 1.82) is 0 Å². The summed E-state index contributed by atoms with van der Waals surface area (Å²) in [6.45, 7) is 1.52. The second kappa shape index (κ2) is 4.64. The number of furan rings is 1. The molecule has 1 unspecified atom stereocenters. The van der Waals surface area contributed by atoms with Crippen LogP contribution in [0.25, 0.3) is 0 Å². The quantitative estimate of drug-likeness (QED) is 0.811. The number of hydrogen-bond acceptors (Lipinski definition) is 3. The molecule has 3 heterocycles. The largest absolute Gasteiger partial charge is 0.472 e. The second-order valence-corrected chi connectivity index (χ2v) is 4.50. The summed E-state index contributed by atoms with van der Waals surface area (Å²) in [6, 6.07) is 7.63. The van der Waals surface area contributed by atoms with Crippen molar-refractivity contribution in [3.63, 3.8) is 0 Å². The smallest absolute Gasteiger partial charge is 0.257 e. The van der Waals surface area contributed by atoms with Crippen molar-refractivity contribution in [1.82, 2.24) is 9.88 Å². The highest BCUT2D eigenvalue weighted by Gasteiger charge is 2.28. The fourth-order valence-electron chi connectivity index (χ4n) is 2.37. The Hall–Kier alpha value is -2.10. The number of amides is 1. The Morgan fingerprint density at radius 3 is 3.06 bits per heavy atom. The standard InChI is InChI=1S/C14H14N2O2/c17-14(12-5-8-18-10-12)16-7-4-11(9-16)13-3-1-2-6-15-13/h1-3,5-6,8,10-11H,4,7,9H2. The molecule has 1 aliphatic heterocycles. The molecule has 1 saturated heterocycles. The number of carbonyl (C=O) groups excluding carboxylic acids is 1. The van der Waals surface area contributed by atoms with Gasteiger partial charge in [0.15, 0.2) is 0 Å². The van der Waals surface area contributed by atoms with E-state index in [4.69, 9.17) is 4.42 Å². The van der Waals surface area contributed by atoms with E-state index in [1.54, 1.807) is 12.3 Å². The summed E-state index contributed by atoms with van der Waals surface area (Å²) < 4.78 is 4.95. The topological polar surface area (TPSA) is 46.3 Å². The first-order chi connectivity index (χ1) is 8.84. The van der Waals surface area contributed by atoms with Crippen LogP contribution in [0.15, 0.2) is 47.4 Å². The molecule has 0 aliphatic carbocycles. The van der Waals surface area contributed by atoms with Crippen LogP contribution in [0, 0.1) is 0 Å². The molecule has 0 N–H and O–H groups in total. The van der Waals surface area contributed by atoms with Crippen molar-refractivity contribution in [3.8, 4) is 0 Å². The Balaban J connectivity index is 1.71. The molecule has 0 radical (unpaired) electrons. The number of hydrogen-bond donors (Lipinski definition) is 0. The van der Waals surface area contributed by atoms with E-state index < -0.39 is 0 Å². The van der Waals surface area contributed by atoms with Crippen LogP contribution in [0.1, 0.15) is 28.4 Å². The van der Waals surface area contributed by atoms with Gasteiger partial charge in [-0.1, -0.05) is 6.07 Å². The molecule has 2 aromatic rings. The number of nitrogens with zero attached hydrogens (tertiary/aromatic N) is 2. The molecular formula is C14H14N2O2. The predicted molar refractivity (Wildman–Crippen MR) is 66.2 cm³/mol. The van der Waals surface area contributed by atoms with Crippen LogP contribution < -0.4 is 0 Å². The summed E-state index contributed by atoms with van der Waals surface area (Å²) in [5, 5.41) is 0. The van der Waals surface area contributed by atoms with Gasteiger partial charge in [-0.2, -0.15) is 0 Å². The Kier molecular flexibility index (Phi) is 2.84. The van der Waals surface area contributed by atoms with Crippen LogP contribution in [0.2, 0.25) is 0 Å². The zero-order valence-electron chi connectivity index (χ0n) is 9.95. The zero-order valence-corrected chi connectivity index (χ0v) is 9.95. The van der Waals surface area contributed by atoms with Crippen LogP contribution in [0.4, 0.5) is 0 Å². The third kappa shape index (κ3) is 2.01. The van der Waals surface area contributed by atoms with Crippen molar-refractivity contribution < 1.29 is 9.21 Å². The lowest BCUT2D eigenvalue weighted by atomic mass is 10.0. The summed E-state index contributed by atoms with van der Waals surface area (Å²) in [5.41, 5.74) is 1.69. The number of likely N-dealkylation sites (tertiary alicyclic amines) is 1. The van der Waals surface area contributed by atoms with E-state index in [-0.39, 0.29) is 5.91 Å². The monoisotopic (exact) mass is 242 g/mol. The van der Waals surface area contributed by atoms with E-state index in [0.29, 0.717) is 11.5 Å². The first kappa shape index (κ1) is 11.0. The van der Waals surface area contributed by atoms with Crippen LogP contribution >= 0.6 is 0 Å². The van der Waals surface area contributed by atoms with Crippen molar-refractivity contribution in [2.45, 2.75) is 12.3 Å². The molecule has 4 nitrogen and oxygen atoms in total. The summed E-state index contributed by atoms with van der Waals surface area (Å²) in [6.07, 6.45) is 5.80. The molecule has 0 spiro atoms. The van der Waals surface area contributed by atoms with Crippen LogP contribution in [0.5, 0.6) is 0 Å². The molecule has 92 valence electrons. The maximum absolute atomic E-state index is 12.1. The number of rotatable bonds is 2. The molecule has 0 bridgehead atoms. The van der Waals surface area contributed by atoms with E-state index in [0.717, 1.165) is 25.2 Å². The number of carbonyl (C=O) groups is 1. The number of aromatic nitrogens is 1. The average Bonchev–Trinajstić information content (AvgIpc) is 3.10. The van der Waals surface area contributed by atoms with Crippen molar-refractivity contribution in [2.75, 3.05) is 13.1 Å². The molecule has 1 aliphatic rings. The normalized spacial score (nSPS) is 19.1. The highest BCUT2D eigenvalue weighted by Crippen LogP contribution is 2.26. The summed E-state index contributed by atoms with van der Waals surface area (Å²) in [5.74, 6) is 0.393. The van der Waals surface area contributed by atoms with Gasteiger partial charge in [0.25, 0.3) is 5.91 Å². The van der Waals surface area contributed by atoms with Gasteiger partial charge in [0, 0.05) is 30.9 Å². The van der Waals surface area contributed by atoms with Gasteiger partial charge < -0.3 is 9.32 Å². The third-order valence-electron chi connectivity index (χ3n) is 3.35. The number of pyridine rings is 1.